The zero-order valence-electron chi connectivity index (χ0n) is 9.01. The Balaban J connectivity index is 2.12. The van der Waals surface area contributed by atoms with Gasteiger partial charge in [-0.25, -0.2) is 4.21 Å². The summed E-state index contributed by atoms with van der Waals surface area (Å²) < 4.78 is 14.9. The van der Waals surface area contributed by atoms with Gasteiger partial charge in [0.25, 0.3) is 0 Å². The lowest BCUT2D eigenvalue weighted by molar-refractivity contribution is 0.686. The summed E-state index contributed by atoms with van der Waals surface area (Å²) in [6.07, 6.45) is 0. The summed E-state index contributed by atoms with van der Waals surface area (Å²) in [5.41, 5.74) is 2.03. The summed E-state index contributed by atoms with van der Waals surface area (Å²) in [4.78, 5) is 0.787. The highest BCUT2D eigenvalue weighted by Crippen LogP contribution is 2.12. The fourth-order valence-electron chi connectivity index (χ4n) is 1.33. The highest BCUT2D eigenvalue weighted by Gasteiger charge is 2.02. The smallest absolute Gasteiger partial charge is 0.150 e. The highest BCUT2D eigenvalue weighted by atomic mass is 32.2. The molecular weight excluding hydrogens is 218 g/mol. The van der Waals surface area contributed by atoms with Gasteiger partial charge in [0.15, 0.2) is 0 Å². The van der Waals surface area contributed by atoms with Gasteiger partial charge < -0.3 is 4.72 Å². The van der Waals surface area contributed by atoms with E-state index in [2.05, 4.69) is 4.72 Å². The number of para-hydroxylation sites is 1. The molecule has 82 valence electrons. The lowest BCUT2D eigenvalue weighted by Gasteiger charge is -2.05. The van der Waals surface area contributed by atoms with E-state index < -0.39 is 11.0 Å². The minimum absolute atomic E-state index is 0.787. The molecule has 0 aliphatic rings. The molecule has 0 aliphatic heterocycles. The third-order valence-electron chi connectivity index (χ3n) is 2.22. The predicted octanol–water partition coefficient (Wildman–Crippen LogP) is 3.13. The standard InChI is InChI=1S/C13H13NOS/c1-11-7-9-13(10-8-11)16(15)14-12-5-3-2-4-6-12/h2-10,14H,1H3. The van der Waals surface area contributed by atoms with E-state index in [1.165, 1.54) is 5.56 Å². The van der Waals surface area contributed by atoms with Crippen LogP contribution in [0.3, 0.4) is 0 Å². The average molecular weight is 231 g/mol. The fourth-order valence-corrected chi connectivity index (χ4v) is 2.19. The first-order chi connectivity index (χ1) is 7.75. The molecule has 0 radical (unpaired) electrons. The molecular formula is C13H13NOS. The largest absolute Gasteiger partial charge is 0.301 e. The van der Waals surface area contributed by atoms with E-state index in [1.807, 2.05) is 61.5 Å². The van der Waals surface area contributed by atoms with Crippen LogP contribution in [-0.2, 0) is 11.0 Å². The summed E-state index contributed by atoms with van der Waals surface area (Å²) in [5.74, 6) is 0. The van der Waals surface area contributed by atoms with Gasteiger partial charge in [-0.3, -0.25) is 0 Å². The SMILES string of the molecule is Cc1ccc(S(=O)Nc2ccccc2)cc1. The summed E-state index contributed by atoms with van der Waals surface area (Å²) in [7, 11) is -1.19. The number of anilines is 1. The summed E-state index contributed by atoms with van der Waals surface area (Å²) in [5, 5.41) is 0. The Morgan fingerprint density at radius 1 is 0.938 bits per heavy atom. The van der Waals surface area contributed by atoms with Crippen LogP contribution >= 0.6 is 0 Å². The second-order valence-corrected chi connectivity index (χ2v) is 4.76. The van der Waals surface area contributed by atoms with E-state index in [9.17, 15) is 4.21 Å². The molecule has 0 heterocycles. The molecule has 1 atom stereocenters. The van der Waals surface area contributed by atoms with Gasteiger partial charge in [-0.15, -0.1) is 0 Å². The van der Waals surface area contributed by atoms with Crippen molar-refractivity contribution < 1.29 is 4.21 Å². The fraction of sp³-hybridized carbons (Fsp3) is 0.0769. The van der Waals surface area contributed by atoms with Gasteiger partial charge in [-0.05, 0) is 31.2 Å². The monoisotopic (exact) mass is 231 g/mol. The summed E-state index contributed by atoms with van der Waals surface area (Å²) >= 11 is 0. The molecule has 3 heteroatoms. The number of rotatable bonds is 3. The van der Waals surface area contributed by atoms with E-state index in [0.29, 0.717) is 0 Å². The van der Waals surface area contributed by atoms with Crippen molar-refractivity contribution >= 4 is 16.7 Å². The Hall–Kier alpha value is -1.61. The van der Waals surface area contributed by atoms with Gasteiger partial charge in [0.05, 0.1) is 4.90 Å². The lowest BCUT2D eigenvalue weighted by atomic mass is 10.2. The number of benzene rings is 2. The third-order valence-corrected chi connectivity index (χ3v) is 3.34. The van der Waals surface area contributed by atoms with Gasteiger partial charge in [-0.1, -0.05) is 35.9 Å². The first-order valence-electron chi connectivity index (χ1n) is 5.06. The first-order valence-corrected chi connectivity index (χ1v) is 6.21. The van der Waals surface area contributed by atoms with Gasteiger partial charge in [-0.2, -0.15) is 0 Å². The van der Waals surface area contributed by atoms with Crippen molar-refractivity contribution in [1.29, 1.82) is 0 Å². The molecule has 1 N–H and O–H groups in total. The van der Waals surface area contributed by atoms with Crippen LogP contribution in [0.15, 0.2) is 59.5 Å². The summed E-state index contributed by atoms with van der Waals surface area (Å²) in [6, 6.07) is 17.2. The molecule has 2 rings (SSSR count). The van der Waals surface area contributed by atoms with Gasteiger partial charge in [0, 0.05) is 5.69 Å². The van der Waals surface area contributed by atoms with Crippen molar-refractivity contribution in [2.24, 2.45) is 0 Å². The maximum absolute atomic E-state index is 11.9. The number of hydrogen-bond acceptors (Lipinski definition) is 1. The molecule has 0 spiro atoms. The van der Waals surface area contributed by atoms with Crippen LogP contribution in [0.25, 0.3) is 0 Å². The van der Waals surface area contributed by atoms with Crippen molar-refractivity contribution in [3.05, 3.63) is 60.2 Å². The third kappa shape index (κ3) is 2.70. The van der Waals surface area contributed by atoms with E-state index in [1.54, 1.807) is 0 Å². The maximum Gasteiger partial charge on any atom is 0.150 e. The molecule has 2 aromatic rings. The second kappa shape index (κ2) is 4.94. The Kier molecular flexibility index (Phi) is 3.37. The van der Waals surface area contributed by atoms with E-state index >= 15 is 0 Å². The van der Waals surface area contributed by atoms with Crippen LogP contribution in [-0.4, -0.2) is 4.21 Å². The minimum atomic E-state index is -1.19. The Morgan fingerprint density at radius 2 is 1.56 bits per heavy atom. The van der Waals surface area contributed by atoms with Crippen molar-refractivity contribution in [1.82, 2.24) is 0 Å². The number of hydrogen-bond donors (Lipinski definition) is 1. The molecule has 16 heavy (non-hydrogen) atoms. The molecule has 2 aromatic carbocycles. The Labute approximate surface area is 97.9 Å². The molecule has 0 bridgehead atoms. The highest BCUT2D eigenvalue weighted by molar-refractivity contribution is 7.86. The first kappa shape index (κ1) is 10.9. The zero-order valence-corrected chi connectivity index (χ0v) is 9.83. The normalized spacial score (nSPS) is 12.1. The molecule has 0 aromatic heterocycles. The number of nitrogens with one attached hydrogen (secondary N) is 1. The van der Waals surface area contributed by atoms with Crippen molar-refractivity contribution in [2.45, 2.75) is 11.8 Å². The van der Waals surface area contributed by atoms with Crippen LogP contribution in [0.1, 0.15) is 5.56 Å². The second-order valence-electron chi connectivity index (χ2n) is 3.55. The maximum atomic E-state index is 11.9. The van der Waals surface area contributed by atoms with Gasteiger partial charge in [0.2, 0.25) is 0 Å². The molecule has 0 saturated carbocycles. The number of aryl methyl sites for hydroxylation is 1. The van der Waals surface area contributed by atoms with Gasteiger partial charge >= 0.3 is 0 Å². The van der Waals surface area contributed by atoms with Crippen LogP contribution in [0.4, 0.5) is 5.69 Å². The lowest BCUT2D eigenvalue weighted by Crippen LogP contribution is -2.04. The van der Waals surface area contributed by atoms with Crippen molar-refractivity contribution in [2.75, 3.05) is 4.72 Å². The van der Waals surface area contributed by atoms with Crippen LogP contribution in [0, 0.1) is 6.92 Å². The van der Waals surface area contributed by atoms with Crippen molar-refractivity contribution in [3.63, 3.8) is 0 Å². The minimum Gasteiger partial charge on any atom is -0.301 e. The molecule has 0 aliphatic carbocycles. The molecule has 0 fully saturated rings. The molecule has 0 amide bonds. The molecule has 1 unspecified atom stereocenters. The Bertz CT molecular complexity index is 479. The topological polar surface area (TPSA) is 29.1 Å². The van der Waals surface area contributed by atoms with Crippen LogP contribution in [0.2, 0.25) is 0 Å². The van der Waals surface area contributed by atoms with E-state index in [4.69, 9.17) is 0 Å². The zero-order chi connectivity index (χ0) is 11.4. The average Bonchev–Trinajstić information content (AvgIpc) is 2.31. The van der Waals surface area contributed by atoms with Gasteiger partial charge in [0.1, 0.15) is 11.0 Å². The van der Waals surface area contributed by atoms with Crippen LogP contribution < -0.4 is 4.72 Å². The Morgan fingerprint density at radius 3 is 2.19 bits per heavy atom. The quantitative estimate of drug-likeness (QED) is 0.864. The molecule has 2 nitrogen and oxygen atoms in total. The summed E-state index contributed by atoms with van der Waals surface area (Å²) in [6.45, 7) is 2.01. The molecule has 0 saturated heterocycles. The predicted molar refractivity (Wildman–Crippen MR) is 67.7 cm³/mol. The van der Waals surface area contributed by atoms with E-state index in [0.717, 1.165) is 10.6 Å². The van der Waals surface area contributed by atoms with Crippen LogP contribution in [0.5, 0.6) is 0 Å². The van der Waals surface area contributed by atoms with E-state index in [-0.39, 0.29) is 0 Å². The van der Waals surface area contributed by atoms with Crippen molar-refractivity contribution in [3.8, 4) is 0 Å².